The van der Waals surface area contributed by atoms with Crippen LogP contribution in [0.4, 0.5) is 5.82 Å². The molecule has 0 radical (unpaired) electrons. The normalized spacial score (nSPS) is 17.5. The smallest absolute Gasteiger partial charge is 0.265 e. The minimum Gasteiger partial charge on any atom is -0.337 e. The van der Waals surface area contributed by atoms with Gasteiger partial charge in [-0.2, -0.15) is 0 Å². The monoisotopic (exact) mass is 400 g/mol. The highest BCUT2D eigenvalue weighted by Gasteiger charge is 2.32. The average molecular weight is 401 g/mol. The molecule has 28 heavy (non-hydrogen) atoms. The summed E-state index contributed by atoms with van der Waals surface area (Å²) in [6.07, 6.45) is 3.25. The Labute approximate surface area is 170 Å². The van der Waals surface area contributed by atoms with Crippen molar-refractivity contribution in [3.63, 3.8) is 0 Å². The molecule has 1 fully saturated rings. The lowest BCUT2D eigenvalue weighted by molar-refractivity contribution is -0.121. The maximum atomic E-state index is 13.1. The Kier molecular flexibility index (Phi) is 5.84. The van der Waals surface area contributed by atoms with Gasteiger partial charge < -0.3 is 10.2 Å². The molecule has 0 aromatic carbocycles. The highest BCUT2D eigenvalue weighted by atomic mass is 32.1. The van der Waals surface area contributed by atoms with Gasteiger partial charge in [0.2, 0.25) is 5.91 Å². The number of likely N-dealkylation sites (tertiary alicyclic amines) is 1. The summed E-state index contributed by atoms with van der Waals surface area (Å²) in [5.74, 6) is 0.270. The van der Waals surface area contributed by atoms with E-state index in [9.17, 15) is 9.59 Å². The van der Waals surface area contributed by atoms with Gasteiger partial charge in [0.25, 0.3) is 5.91 Å². The Morgan fingerprint density at radius 1 is 1.29 bits per heavy atom. The standard InChI is InChI=1S/C21H28N4O2S/c1-13-8-6-10-22-17(13)24-18(26)15-9-7-11-25(12-15)19(27)16-14(2)23-20(28-16)21(3,4)5/h6,8,10,15H,7,9,11-12H2,1-5H3,(H,22,24,26). The van der Waals surface area contributed by atoms with Crippen LogP contribution in [0.3, 0.4) is 0 Å². The van der Waals surface area contributed by atoms with Crippen LogP contribution in [-0.2, 0) is 10.2 Å². The van der Waals surface area contributed by atoms with Gasteiger partial charge in [-0.15, -0.1) is 11.3 Å². The summed E-state index contributed by atoms with van der Waals surface area (Å²) < 4.78 is 0. The van der Waals surface area contributed by atoms with Gasteiger partial charge in [0.1, 0.15) is 10.7 Å². The van der Waals surface area contributed by atoms with Gasteiger partial charge in [-0.05, 0) is 38.3 Å². The van der Waals surface area contributed by atoms with E-state index < -0.39 is 0 Å². The Bertz CT molecular complexity index is 885. The number of thiazole rings is 1. The van der Waals surface area contributed by atoms with Crippen LogP contribution in [0.1, 0.15) is 59.5 Å². The van der Waals surface area contributed by atoms with Crippen molar-refractivity contribution in [2.24, 2.45) is 5.92 Å². The van der Waals surface area contributed by atoms with E-state index in [1.54, 1.807) is 11.1 Å². The molecule has 0 bridgehead atoms. The summed E-state index contributed by atoms with van der Waals surface area (Å²) in [4.78, 5) is 37.1. The molecule has 3 heterocycles. The van der Waals surface area contributed by atoms with Crippen molar-refractivity contribution >= 4 is 29.0 Å². The van der Waals surface area contributed by atoms with Crippen molar-refractivity contribution in [1.29, 1.82) is 0 Å². The third-order valence-electron chi connectivity index (χ3n) is 4.96. The van der Waals surface area contributed by atoms with Gasteiger partial charge in [-0.1, -0.05) is 26.8 Å². The lowest BCUT2D eigenvalue weighted by Crippen LogP contribution is -2.43. The minimum atomic E-state index is -0.227. The van der Waals surface area contributed by atoms with Gasteiger partial charge in [-0.3, -0.25) is 9.59 Å². The van der Waals surface area contributed by atoms with Crippen LogP contribution < -0.4 is 5.32 Å². The fourth-order valence-corrected chi connectivity index (χ4v) is 4.36. The number of aromatic nitrogens is 2. The van der Waals surface area contributed by atoms with Crippen molar-refractivity contribution < 1.29 is 9.59 Å². The van der Waals surface area contributed by atoms with Crippen molar-refractivity contribution in [2.45, 2.75) is 52.9 Å². The Balaban J connectivity index is 1.71. The first-order chi connectivity index (χ1) is 13.2. The molecular weight excluding hydrogens is 372 g/mol. The number of pyridine rings is 1. The molecule has 7 heteroatoms. The molecule has 1 unspecified atom stereocenters. The largest absolute Gasteiger partial charge is 0.337 e. The van der Waals surface area contributed by atoms with Crippen LogP contribution in [0.15, 0.2) is 18.3 Å². The average Bonchev–Trinajstić information content (AvgIpc) is 3.05. The minimum absolute atomic E-state index is 0.0167. The van der Waals surface area contributed by atoms with Crippen molar-refractivity contribution in [2.75, 3.05) is 18.4 Å². The van der Waals surface area contributed by atoms with E-state index in [1.807, 2.05) is 26.0 Å². The number of aryl methyl sites for hydroxylation is 2. The molecule has 3 rings (SSSR count). The highest BCUT2D eigenvalue weighted by molar-refractivity contribution is 7.14. The number of carbonyl (C=O) groups is 2. The second-order valence-electron chi connectivity index (χ2n) is 8.43. The molecule has 0 aliphatic carbocycles. The number of rotatable bonds is 3. The summed E-state index contributed by atoms with van der Waals surface area (Å²) in [7, 11) is 0. The van der Waals surface area contributed by atoms with Crippen LogP contribution in [0.25, 0.3) is 0 Å². The van der Waals surface area contributed by atoms with E-state index >= 15 is 0 Å². The van der Waals surface area contributed by atoms with Crippen molar-refractivity contribution in [3.8, 4) is 0 Å². The first-order valence-electron chi connectivity index (χ1n) is 9.66. The maximum Gasteiger partial charge on any atom is 0.265 e. The zero-order valence-electron chi connectivity index (χ0n) is 17.2. The molecule has 150 valence electrons. The summed E-state index contributed by atoms with van der Waals surface area (Å²) in [5.41, 5.74) is 1.61. The third kappa shape index (κ3) is 4.41. The Morgan fingerprint density at radius 3 is 2.68 bits per heavy atom. The zero-order valence-corrected chi connectivity index (χ0v) is 18.0. The molecule has 1 aliphatic rings. The van der Waals surface area contributed by atoms with E-state index in [4.69, 9.17) is 0 Å². The number of nitrogens with zero attached hydrogens (tertiary/aromatic N) is 3. The van der Waals surface area contributed by atoms with E-state index in [2.05, 4.69) is 36.1 Å². The number of amides is 2. The van der Waals surface area contributed by atoms with Crippen molar-refractivity contribution in [1.82, 2.24) is 14.9 Å². The fourth-order valence-electron chi connectivity index (χ4n) is 3.27. The third-order valence-corrected chi connectivity index (χ3v) is 6.53. The second kappa shape index (κ2) is 7.99. The Morgan fingerprint density at radius 2 is 2.04 bits per heavy atom. The highest BCUT2D eigenvalue weighted by Crippen LogP contribution is 2.31. The zero-order chi connectivity index (χ0) is 20.5. The van der Waals surface area contributed by atoms with E-state index in [0.29, 0.717) is 23.8 Å². The van der Waals surface area contributed by atoms with Gasteiger partial charge in [0.15, 0.2) is 0 Å². The number of hydrogen-bond donors (Lipinski definition) is 1. The lowest BCUT2D eigenvalue weighted by atomic mass is 9.96. The van der Waals surface area contributed by atoms with Crippen LogP contribution in [0.2, 0.25) is 0 Å². The summed E-state index contributed by atoms with van der Waals surface area (Å²) >= 11 is 1.47. The molecule has 0 saturated carbocycles. The van der Waals surface area contributed by atoms with E-state index in [1.165, 1.54) is 11.3 Å². The van der Waals surface area contributed by atoms with Crippen LogP contribution in [0.5, 0.6) is 0 Å². The molecule has 6 nitrogen and oxygen atoms in total. The predicted molar refractivity (Wildman–Crippen MR) is 112 cm³/mol. The maximum absolute atomic E-state index is 13.1. The predicted octanol–water partition coefficient (Wildman–Crippen LogP) is 3.94. The van der Waals surface area contributed by atoms with Crippen LogP contribution in [-0.4, -0.2) is 39.8 Å². The number of hydrogen-bond acceptors (Lipinski definition) is 5. The molecule has 2 amide bonds. The number of carbonyl (C=O) groups excluding carboxylic acids is 2. The summed E-state index contributed by atoms with van der Waals surface area (Å²) in [6.45, 7) is 11.2. The topological polar surface area (TPSA) is 75.2 Å². The second-order valence-corrected chi connectivity index (χ2v) is 9.43. The van der Waals surface area contributed by atoms with Gasteiger partial charge in [0, 0.05) is 24.7 Å². The molecule has 0 spiro atoms. The van der Waals surface area contributed by atoms with Gasteiger partial charge >= 0.3 is 0 Å². The Hall–Kier alpha value is -2.28. The lowest BCUT2D eigenvalue weighted by Gasteiger charge is -2.31. The molecule has 2 aromatic heterocycles. The molecule has 1 saturated heterocycles. The van der Waals surface area contributed by atoms with Crippen LogP contribution >= 0.6 is 11.3 Å². The molecule has 1 aliphatic heterocycles. The molecule has 1 N–H and O–H groups in total. The van der Waals surface area contributed by atoms with E-state index in [0.717, 1.165) is 29.1 Å². The van der Waals surface area contributed by atoms with Crippen LogP contribution in [0, 0.1) is 19.8 Å². The fraction of sp³-hybridized carbons (Fsp3) is 0.524. The summed E-state index contributed by atoms with van der Waals surface area (Å²) in [5, 5.41) is 3.88. The molecule has 2 aromatic rings. The van der Waals surface area contributed by atoms with E-state index in [-0.39, 0.29) is 23.1 Å². The number of nitrogens with one attached hydrogen (secondary N) is 1. The first kappa shape index (κ1) is 20.5. The van der Waals surface area contributed by atoms with Crippen molar-refractivity contribution in [3.05, 3.63) is 39.5 Å². The SMILES string of the molecule is Cc1cccnc1NC(=O)C1CCCN(C(=O)c2sc(C(C)(C)C)nc2C)C1. The van der Waals surface area contributed by atoms with Gasteiger partial charge in [-0.25, -0.2) is 9.97 Å². The van der Waals surface area contributed by atoms with Gasteiger partial charge in [0.05, 0.1) is 16.6 Å². The number of piperidine rings is 1. The first-order valence-corrected chi connectivity index (χ1v) is 10.5. The number of anilines is 1. The molecule has 1 atom stereocenters. The summed E-state index contributed by atoms with van der Waals surface area (Å²) in [6, 6.07) is 3.76. The quantitative estimate of drug-likeness (QED) is 0.847. The molecular formula is C21H28N4O2S.